The van der Waals surface area contributed by atoms with E-state index in [1.807, 2.05) is 12.1 Å². The minimum Gasteiger partial charge on any atom is -0.480 e. The predicted octanol–water partition coefficient (Wildman–Crippen LogP) is 2.33. The summed E-state index contributed by atoms with van der Waals surface area (Å²) in [7, 11) is 0. The van der Waals surface area contributed by atoms with E-state index in [9.17, 15) is 9.59 Å². The molecule has 0 atom stereocenters. The monoisotopic (exact) mass is 261 g/mol. The molecule has 1 aromatic rings. The van der Waals surface area contributed by atoms with Gasteiger partial charge in [0.1, 0.15) is 6.54 Å². The van der Waals surface area contributed by atoms with Crippen LogP contribution >= 0.6 is 0 Å². The molecule has 0 unspecified atom stereocenters. The Bertz CT molecular complexity index is 463. The van der Waals surface area contributed by atoms with Crippen molar-refractivity contribution in [1.29, 1.82) is 0 Å². The van der Waals surface area contributed by atoms with Crippen LogP contribution < -0.4 is 0 Å². The Morgan fingerprint density at radius 3 is 2.37 bits per heavy atom. The number of hydrogen-bond donors (Lipinski definition) is 1. The molecule has 102 valence electrons. The van der Waals surface area contributed by atoms with Gasteiger partial charge in [-0.15, -0.1) is 0 Å². The molecule has 0 heterocycles. The Kier molecular flexibility index (Phi) is 4.20. The van der Waals surface area contributed by atoms with Crippen molar-refractivity contribution in [3.05, 3.63) is 35.4 Å². The first-order chi connectivity index (χ1) is 9.11. The van der Waals surface area contributed by atoms with Gasteiger partial charge < -0.3 is 10.0 Å². The smallest absolute Gasteiger partial charge is 0.323 e. The lowest BCUT2D eigenvalue weighted by Gasteiger charge is -2.20. The predicted molar refractivity (Wildman–Crippen MR) is 72.1 cm³/mol. The maximum absolute atomic E-state index is 12.3. The highest BCUT2D eigenvalue weighted by Gasteiger charge is 2.34. The summed E-state index contributed by atoms with van der Waals surface area (Å²) in [5.41, 5.74) is 1.78. The Morgan fingerprint density at radius 2 is 1.89 bits per heavy atom. The molecular weight excluding hydrogens is 242 g/mol. The summed E-state index contributed by atoms with van der Waals surface area (Å²) < 4.78 is 0. The Labute approximate surface area is 113 Å². The normalized spacial score (nSPS) is 14.2. The van der Waals surface area contributed by atoms with Gasteiger partial charge in [0.2, 0.25) is 0 Å². The number of nitrogens with zero attached hydrogens (tertiary/aromatic N) is 1. The molecule has 2 rings (SSSR count). The van der Waals surface area contributed by atoms with Gasteiger partial charge in [-0.3, -0.25) is 9.59 Å². The first-order valence-corrected chi connectivity index (χ1v) is 6.73. The molecule has 0 aliphatic heterocycles. The molecule has 0 bridgehead atoms. The summed E-state index contributed by atoms with van der Waals surface area (Å²) in [6.07, 6.45) is 3.89. The fourth-order valence-electron chi connectivity index (χ4n) is 2.17. The molecule has 1 N–H and O–H groups in total. The lowest BCUT2D eigenvalue weighted by atomic mass is 10.1. The molecule has 1 aliphatic carbocycles. The molecule has 0 aromatic heterocycles. The second-order valence-corrected chi connectivity index (χ2v) is 5.00. The average molecular weight is 261 g/mol. The van der Waals surface area contributed by atoms with Crippen LogP contribution in [0.2, 0.25) is 0 Å². The lowest BCUT2D eigenvalue weighted by Crippen LogP contribution is -2.37. The molecule has 0 saturated heterocycles. The lowest BCUT2D eigenvalue weighted by molar-refractivity contribution is -0.137. The summed E-state index contributed by atoms with van der Waals surface area (Å²) in [5.74, 6) is -1.13. The van der Waals surface area contributed by atoms with Crippen LogP contribution in [0.3, 0.4) is 0 Å². The van der Waals surface area contributed by atoms with Crippen molar-refractivity contribution < 1.29 is 14.7 Å². The molecule has 1 aliphatic rings. The van der Waals surface area contributed by atoms with Gasteiger partial charge in [0, 0.05) is 11.6 Å². The summed E-state index contributed by atoms with van der Waals surface area (Å²) >= 11 is 0. The van der Waals surface area contributed by atoms with Gasteiger partial charge in [-0.2, -0.15) is 0 Å². The van der Waals surface area contributed by atoms with Crippen LogP contribution in [0.15, 0.2) is 24.3 Å². The quantitative estimate of drug-likeness (QED) is 0.855. The zero-order chi connectivity index (χ0) is 13.8. The molecule has 1 aromatic carbocycles. The van der Waals surface area contributed by atoms with Crippen molar-refractivity contribution in [2.24, 2.45) is 0 Å². The number of carboxylic acids is 1. The summed E-state index contributed by atoms with van der Waals surface area (Å²) in [6.45, 7) is 1.90. The van der Waals surface area contributed by atoms with Gasteiger partial charge in [0.05, 0.1) is 0 Å². The molecule has 0 radical (unpaired) electrons. The fraction of sp³-hybridized carbons (Fsp3) is 0.467. The maximum atomic E-state index is 12.3. The fourth-order valence-corrected chi connectivity index (χ4v) is 2.17. The zero-order valence-corrected chi connectivity index (χ0v) is 11.1. The maximum Gasteiger partial charge on any atom is 0.323 e. The van der Waals surface area contributed by atoms with Crippen molar-refractivity contribution in [1.82, 2.24) is 4.90 Å². The number of aryl methyl sites for hydroxylation is 1. The van der Waals surface area contributed by atoms with Crippen molar-refractivity contribution in [2.75, 3.05) is 6.54 Å². The second kappa shape index (κ2) is 5.87. The van der Waals surface area contributed by atoms with Crippen LogP contribution in [0.5, 0.6) is 0 Å². The van der Waals surface area contributed by atoms with Gasteiger partial charge in [0.25, 0.3) is 5.91 Å². The van der Waals surface area contributed by atoms with E-state index in [1.165, 1.54) is 10.5 Å². The molecule has 4 nitrogen and oxygen atoms in total. The molecule has 1 fully saturated rings. The third-order valence-electron chi connectivity index (χ3n) is 3.29. The first-order valence-electron chi connectivity index (χ1n) is 6.73. The molecule has 1 saturated carbocycles. The zero-order valence-electron chi connectivity index (χ0n) is 11.1. The van der Waals surface area contributed by atoms with Crippen LogP contribution in [0, 0.1) is 0 Å². The van der Waals surface area contributed by atoms with Gasteiger partial charge >= 0.3 is 5.97 Å². The van der Waals surface area contributed by atoms with Crippen molar-refractivity contribution in [3.63, 3.8) is 0 Å². The Balaban J connectivity index is 2.09. The highest BCUT2D eigenvalue weighted by molar-refractivity contribution is 5.96. The van der Waals surface area contributed by atoms with Gasteiger partial charge in [0.15, 0.2) is 0 Å². The van der Waals surface area contributed by atoms with Crippen molar-refractivity contribution >= 4 is 11.9 Å². The number of carbonyl (C=O) groups is 2. The summed E-state index contributed by atoms with van der Waals surface area (Å²) in [4.78, 5) is 24.6. The largest absolute Gasteiger partial charge is 0.480 e. The topological polar surface area (TPSA) is 57.6 Å². The van der Waals surface area contributed by atoms with Gasteiger partial charge in [-0.25, -0.2) is 0 Å². The summed E-state index contributed by atoms with van der Waals surface area (Å²) in [5, 5.41) is 8.88. The number of amides is 1. The third kappa shape index (κ3) is 3.56. The number of hydrogen-bond acceptors (Lipinski definition) is 2. The molecule has 4 heteroatoms. The minimum absolute atomic E-state index is 0.110. The highest BCUT2D eigenvalue weighted by atomic mass is 16.4. The van der Waals surface area contributed by atoms with Crippen LogP contribution in [0.25, 0.3) is 0 Å². The SMILES string of the molecule is CCCc1ccc(C(=O)N(CC(=O)O)C2CC2)cc1. The number of carboxylic acid groups (broad SMARTS) is 1. The number of benzene rings is 1. The van der Waals surface area contributed by atoms with E-state index in [4.69, 9.17) is 5.11 Å². The number of rotatable bonds is 6. The van der Waals surface area contributed by atoms with Gasteiger partial charge in [-0.05, 0) is 37.0 Å². The highest BCUT2D eigenvalue weighted by Crippen LogP contribution is 2.28. The minimum atomic E-state index is -0.956. The van der Waals surface area contributed by atoms with E-state index in [-0.39, 0.29) is 18.5 Å². The molecule has 0 spiro atoms. The van der Waals surface area contributed by atoms with E-state index in [2.05, 4.69) is 6.92 Å². The van der Waals surface area contributed by atoms with Crippen LogP contribution in [0.1, 0.15) is 42.1 Å². The Hall–Kier alpha value is -1.84. The summed E-state index contributed by atoms with van der Waals surface area (Å²) in [6, 6.07) is 7.60. The number of aliphatic carboxylic acids is 1. The van der Waals surface area contributed by atoms with E-state index in [0.29, 0.717) is 5.56 Å². The van der Waals surface area contributed by atoms with Crippen LogP contribution in [0.4, 0.5) is 0 Å². The van der Waals surface area contributed by atoms with E-state index in [1.54, 1.807) is 12.1 Å². The van der Waals surface area contributed by atoms with Crippen LogP contribution in [-0.2, 0) is 11.2 Å². The number of carbonyl (C=O) groups excluding carboxylic acids is 1. The third-order valence-corrected chi connectivity index (χ3v) is 3.29. The molecule has 19 heavy (non-hydrogen) atoms. The second-order valence-electron chi connectivity index (χ2n) is 5.00. The Morgan fingerprint density at radius 1 is 1.26 bits per heavy atom. The molecular formula is C15H19NO3. The van der Waals surface area contributed by atoms with Crippen LogP contribution in [-0.4, -0.2) is 34.5 Å². The average Bonchev–Trinajstić information content (AvgIpc) is 3.20. The van der Waals surface area contributed by atoms with E-state index < -0.39 is 5.97 Å². The van der Waals surface area contributed by atoms with E-state index >= 15 is 0 Å². The first kappa shape index (κ1) is 13.6. The van der Waals surface area contributed by atoms with Crippen molar-refractivity contribution in [3.8, 4) is 0 Å². The standard InChI is InChI=1S/C15H19NO3/c1-2-3-11-4-6-12(7-5-11)15(19)16(10-14(17)18)13-8-9-13/h4-7,13H,2-3,8-10H2,1H3,(H,17,18). The van der Waals surface area contributed by atoms with Gasteiger partial charge in [-0.1, -0.05) is 25.5 Å². The van der Waals surface area contributed by atoms with Crippen molar-refractivity contribution in [2.45, 2.75) is 38.6 Å². The van der Waals surface area contributed by atoms with E-state index in [0.717, 1.165) is 25.7 Å². The molecule has 1 amide bonds.